The van der Waals surface area contributed by atoms with Crippen molar-refractivity contribution in [2.24, 2.45) is 5.73 Å². The van der Waals surface area contributed by atoms with E-state index in [0.29, 0.717) is 12.5 Å². The number of nitrogens with two attached hydrogens (primary N) is 1. The van der Waals surface area contributed by atoms with E-state index in [2.05, 4.69) is 63.4 Å². The number of benzene rings is 1. The van der Waals surface area contributed by atoms with Crippen LogP contribution in [0.3, 0.4) is 0 Å². The summed E-state index contributed by atoms with van der Waals surface area (Å²) >= 11 is 1.82. The number of hydrogen-bond acceptors (Lipinski definition) is 2. The summed E-state index contributed by atoms with van der Waals surface area (Å²) in [5, 5.41) is 2.14. The molecule has 0 bridgehead atoms. The van der Waals surface area contributed by atoms with Crippen LogP contribution in [0.2, 0.25) is 0 Å². The average Bonchev–Trinajstić information content (AvgIpc) is 2.88. The van der Waals surface area contributed by atoms with Gasteiger partial charge in [-0.15, -0.1) is 11.3 Å². The molecule has 0 amide bonds. The molecular weight excluding hydrogens is 262 g/mol. The van der Waals surface area contributed by atoms with Crippen LogP contribution < -0.4 is 5.73 Å². The maximum atomic E-state index is 6.05. The summed E-state index contributed by atoms with van der Waals surface area (Å²) in [6, 6.07) is 11.2. The number of aryl methyl sites for hydroxylation is 1. The Bertz CT molecular complexity index is 549. The second-order valence-corrected chi connectivity index (χ2v) is 7.57. The minimum absolute atomic E-state index is 0.185. The SMILES string of the molecule is Cc1ccc(C(C)(C)C)cc1C(CN)Cc1cccs1. The predicted octanol–water partition coefficient (Wildman–Crippen LogP) is 4.64. The molecule has 20 heavy (non-hydrogen) atoms. The van der Waals surface area contributed by atoms with Crippen molar-refractivity contribution < 1.29 is 0 Å². The van der Waals surface area contributed by atoms with Crippen LogP contribution in [0.4, 0.5) is 0 Å². The van der Waals surface area contributed by atoms with Crippen molar-refractivity contribution in [1.82, 2.24) is 0 Å². The van der Waals surface area contributed by atoms with E-state index in [1.165, 1.54) is 21.6 Å². The maximum absolute atomic E-state index is 6.05. The van der Waals surface area contributed by atoms with Crippen LogP contribution in [0.5, 0.6) is 0 Å². The van der Waals surface area contributed by atoms with Crippen LogP contribution in [0.1, 0.15) is 48.3 Å². The molecule has 0 aliphatic rings. The first kappa shape index (κ1) is 15.3. The Kier molecular flexibility index (Phi) is 4.66. The molecule has 108 valence electrons. The zero-order valence-corrected chi connectivity index (χ0v) is 13.8. The molecule has 1 atom stereocenters. The van der Waals surface area contributed by atoms with Gasteiger partial charge in [0.05, 0.1) is 0 Å². The van der Waals surface area contributed by atoms with Crippen LogP contribution in [0.25, 0.3) is 0 Å². The zero-order chi connectivity index (χ0) is 14.8. The van der Waals surface area contributed by atoms with E-state index in [9.17, 15) is 0 Å². The average molecular weight is 287 g/mol. The van der Waals surface area contributed by atoms with Crippen LogP contribution in [0, 0.1) is 6.92 Å². The molecule has 0 spiro atoms. The Morgan fingerprint density at radius 1 is 1.20 bits per heavy atom. The monoisotopic (exact) mass is 287 g/mol. The quantitative estimate of drug-likeness (QED) is 0.871. The molecule has 0 radical (unpaired) electrons. The van der Waals surface area contributed by atoms with Crippen molar-refractivity contribution in [2.45, 2.75) is 45.4 Å². The summed E-state index contributed by atoms with van der Waals surface area (Å²) in [4.78, 5) is 1.42. The fraction of sp³-hybridized carbons (Fsp3) is 0.444. The summed E-state index contributed by atoms with van der Waals surface area (Å²) in [5.74, 6) is 0.413. The summed E-state index contributed by atoms with van der Waals surface area (Å²) in [6.45, 7) is 9.68. The third-order valence-electron chi connectivity index (χ3n) is 3.90. The molecular formula is C18H25NS. The molecule has 2 N–H and O–H groups in total. The maximum Gasteiger partial charge on any atom is 0.00517 e. The van der Waals surface area contributed by atoms with Gasteiger partial charge >= 0.3 is 0 Å². The first-order valence-electron chi connectivity index (χ1n) is 7.25. The zero-order valence-electron chi connectivity index (χ0n) is 12.9. The van der Waals surface area contributed by atoms with E-state index in [1.54, 1.807) is 0 Å². The highest BCUT2D eigenvalue weighted by atomic mass is 32.1. The molecule has 0 saturated carbocycles. The molecule has 0 fully saturated rings. The fourth-order valence-corrected chi connectivity index (χ4v) is 3.33. The summed E-state index contributed by atoms with van der Waals surface area (Å²) in [6.07, 6.45) is 1.04. The molecule has 0 aliphatic heterocycles. The summed E-state index contributed by atoms with van der Waals surface area (Å²) in [5.41, 5.74) is 10.4. The summed E-state index contributed by atoms with van der Waals surface area (Å²) in [7, 11) is 0. The predicted molar refractivity (Wildman–Crippen MR) is 89.7 cm³/mol. The molecule has 0 saturated heterocycles. The molecule has 2 aromatic rings. The van der Waals surface area contributed by atoms with Gasteiger partial charge in [0, 0.05) is 10.8 Å². The first-order chi connectivity index (χ1) is 9.41. The lowest BCUT2D eigenvalue weighted by atomic mass is 9.82. The fourth-order valence-electron chi connectivity index (χ4n) is 2.54. The number of hydrogen-bond donors (Lipinski definition) is 1. The molecule has 1 aromatic carbocycles. The lowest BCUT2D eigenvalue weighted by Crippen LogP contribution is -2.18. The third kappa shape index (κ3) is 3.50. The van der Waals surface area contributed by atoms with Crippen molar-refractivity contribution in [1.29, 1.82) is 0 Å². The van der Waals surface area contributed by atoms with E-state index in [1.807, 2.05) is 11.3 Å². The van der Waals surface area contributed by atoms with Crippen molar-refractivity contribution in [2.75, 3.05) is 6.54 Å². The Labute approximate surface area is 126 Å². The lowest BCUT2D eigenvalue weighted by molar-refractivity contribution is 0.586. The largest absolute Gasteiger partial charge is 0.330 e. The molecule has 0 aliphatic carbocycles. The van der Waals surface area contributed by atoms with E-state index in [4.69, 9.17) is 5.73 Å². The lowest BCUT2D eigenvalue weighted by Gasteiger charge is -2.24. The van der Waals surface area contributed by atoms with Gasteiger partial charge in [-0.3, -0.25) is 0 Å². The van der Waals surface area contributed by atoms with Crippen LogP contribution in [0.15, 0.2) is 35.7 Å². The van der Waals surface area contributed by atoms with Crippen molar-refractivity contribution in [3.63, 3.8) is 0 Å². The minimum atomic E-state index is 0.185. The number of thiophene rings is 1. The highest BCUT2D eigenvalue weighted by Crippen LogP contribution is 2.30. The Morgan fingerprint density at radius 2 is 1.95 bits per heavy atom. The topological polar surface area (TPSA) is 26.0 Å². The van der Waals surface area contributed by atoms with Crippen molar-refractivity contribution >= 4 is 11.3 Å². The molecule has 1 unspecified atom stereocenters. The molecule has 2 heteroatoms. The van der Waals surface area contributed by atoms with Gasteiger partial charge < -0.3 is 5.73 Å². The van der Waals surface area contributed by atoms with Crippen molar-refractivity contribution in [3.05, 3.63) is 57.3 Å². The number of rotatable bonds is 4. The van der Waals surface area contributed by atoms with Gasteiger partial charge in [0.2, 0.25) is 0 Å². The van der Waals surface area contributed by atoms with Crippen LogP contribution >= 0.6 is 11.3 Å². The van der Waals surface area contributed by atoms with Gasteiger partial charge in [0.1, 0.15) is 0 Å². The van der Waals surface area contributed by atoms with E-state index in [-0.39, 0.29) is 5.41 Å². The van der Waals surface area contributed by atoms with Gasteiger partial charge in [-0.2, -0.15) is 0 Å². The van der Waals surface area contributed by atoms with E-state index >= 15 is 0 Å². The smallest absolute Gasteiger partial charge is 0.00517 e. The van der Waals surface area contributed by atoms with Gasteiger partial charge in [-0.05, 0) is 53.4 Å². The molecule has 2 rings (SSSR count). The molecule has 1 heterocycles. The van der Waals surface area contributed by atoms with Crippen molar-refractivity contribution in [3.8, 4) is 0 Å². The molecule has 1 nitrogen and oxygen atoms in total. The van der Waals surface area contributed by atoms with Gasteiger partial charge in [0.15, 0.2) is 0 Å². The van der Waals surface area contributed by atoms with Crippen LogP contribution in [-0.2, 0) is 11.8 Å². The Morgan fingerprint density at radius 3 is 2.50 bits per heavy atom. The van der Waals surface area contributed by atoms with E-state index in [0.717, 1.165) is 6.42 Å². The first-order valence-corrected chi connectivity index (χ1v) is 8.13. The third-order valence-corrected chi connectivity index (χ3v) is 4.80. The standard InChI is InChI=1S/C18H25NS/c1-13-7-8-15(18(2,3)4)11-17(13)14(12-19)10-16-6-5-9-20-16/h5-9,11,14H,10,12,19H2,1-4H3. The second-order valence-electron chi connectivity index (χ2n) is 6.54. The Balaban J connectivity index is 2.33. The van der Waals surface area contributed by atoms with E-state index < -0.39 is 0 Å². The highest BCUT2D eigenvalue weighted by Gasteiger charge is 2.19. The Hall–Kier alpha value is -1.12. The normalized spacial score (nSPS) is 13.4. The molecule has 1 aromatic heterocycles. The van der Waals surface area contributed by atoms with Gasteiger partial charge in [-0.25, -0.2) is 0 Å². The van der Waals surface area contributed by atoms with Gasteiger partial charge in [-0.1, -0.05) is 45.0 Å². The second kappa shape index (κ2) is 6.11. The minimum Gasteiger partial charge on any atom is -0.330 e. The van der Waals surface area contributed by atoms with Gasteiger partial charge in [0.25, 0.3) is 0 Å². The van der Waals surface area contributed by atoms with Crippen LogP contribution in [-0.4, -0.2) is 6.54 Å². The summed E-state index contributed by atoms with van der Waals surface area (Å²) < 4.78 is 0. The highest BCUT2D eigenvalue weighted by molar-refractivity contribution is 7.09.